The Morgan fingerprint density at radius 1 is 1.00 bits per heavy atom. The Hall–Kier alpha value is -4.07. The number of aromatic nitrogens is 1. The number of hydrogen-bond acceptors (Lipinski definition) is 4. The minimum Gasteiger partial charge on any atom is -0.495 e. The fraction of sp³-hybridized carbons (Fsp3) is 0.240. The maximum atomic E-state index is 12.9. The summed E-state index contributed by atoms with van der Waals surface area (Å²) in [4.78, 5) is 39.8. The number of hydrogen-bond donors (Lipinski definition) is 2. The van der Waals surface area contributed by atoms with E-state index in [0.717, 1.165) is 11.4 Å². The highest BCUT2D eigenvalue weighted by Gasteiger charge is 2.36. The number of ether oxygens (including phenoxy) is 1. The Kier molecular flexibility index (Phi) is 6.17. The number of aryl methyl sites for hydroxylation is 2. The van der Waals surface area contributed by atoms with Crippen LogP contribution in [0.3, 0.4) is 0 Å². The zero-order chi connectivity index (χ0) is 23.5. The number of nitrogens with zero attached hydrogens (tertiary/aromatic N) is 2. The number of amides is 3. The van der Waals surface area contributed by atoms with Crippen LogP contribution < -0.4 is 20.4 Å². The average molecular weight is 447 g/mol. The summed E-state index contributed by atoms with van der Waals surface area (Å²) in [5.74, 6) is -0.614. The van der Waals surface area contributed by atoms with E-state index >= 15 is 0 Å². The third kappa shape index (κ3) is 4.59. The number of rotatable bonds is 6. The molecule has 0 radical (unpaired) electrons. The summed E-state index contributed by atoms with van der Waals surface area (Å²) >= 11 is 0. The predicted octanol–water partition coefficient (Wildman–Crippen LogP) is 3.49. The van der Waals surface area contributed by atoms with E-state index in [2.05, 4.69) is 10.7 Å². The van der Waals surface area contributed by atoms with Crippen molar-refractivity contribution < 1.29 is 19.1 Å². The summed E-state index contributed by atoms with van der Waals surface area (Å²) in [6, 6.07) is 17.8. The van der Waals surface area contributed by atoms with Gasteiger partial charge in [0.15, 0.2) is 0 Å². The monoisotopic (exact) mass is 446 g/mol. The number of carbonyl (C=O) groups is 3. The molecule has 0 spiro atoms. The molecule has 1 aromatic heterocycles. The van der Waals surface area contributed by atoms with Gasteiger partial charge in [0.25, 0.3) is 5.91 Å². The maximum absolute atomic E-state index is 12.9. The fourth-order valence-electron chi connectivity index (χ4n) is 3.96. The molecule has 2 heterocycles. The van der Waals surface area contributed by atoms with Crippen molar-refractivity contribution in [2.45, 2.75) is 20.3 Å². The third-order valence-electron chi connectivity index (χ3n) is 5.75. The summed E-state index contributed by atoms with van der Waals surface area (Å²) in [5.41, 5.74) is 6.24. The van der Waals surface area contributed by atoms with E-state index in [4.69, 9.17) is 4.74 Å². The second-order valence-electron chi connectivity index (χ2n) is 8.04. The van der Waals surface area contributed by atoms with Gasteiger partial charge in [-0.15, -0.1) is 0 Å². The van der Waals surface area contributed by atoms with E-state index in [0.29, 0.717) is 22.7 Å². The first-order valence-corrected chi connectivity index (χ1v) is 10.7. The van der Waals surface area contributed by atoms with Crippen molar-refractivity contribution in [1.82, 2.24) is 4.68 Å². The highest BCUT2D eigenvalue weighted by atomic mass is 16.5. The molecule has 1 fully saturated rings. The highest BCUT2D eigenvalue weighted by molar-refractivity contribution is 6.05. The number of para-hydroxylation sites is 2. The van der Waals surface area contributed by atoms with Crippen LogP contribution in [0.25, 0.3) is 0 Å². The van der Waals surface area contributed by atoms with Gasteiger partial charge < -0.3 is 15.0 Å². The van der Waals surface area contributed by atoms with Gasteiger partial charge in [0.2, 0.25) is 11.8 Å². The second kappa shape index (κ2) is 9.20. The summed E-state index contributed by atoms with van der Waals surface area (Å²) in [7, 11) is 1.55. The van der Waals surface area contributed by atoms with Crippen LogP contribution in [0, 0.1) is 19.8 Å². The van der Waals surface area contributed by atoms with Crippen LogP contribution in [-0.4, -0.2) is 36.1 Å². The number of carbonyl (C=O) groups excluding carboxylic acids is 3. The van der Waals surface area contributed by atoms with Gasteiger partial charge in [0, 0.05) is 35.6 Å². The molecule has 1 atom stereocenters. The van der Waals surface area contributed by atoms with Gasteiger partial charge in [-0.25, -0.2) is 0 Å². The predicted molar refractivity (Wildman–Crippen MR) is 126 cm³/mol. The molecule has 0 aliphatic carbocycles. The first-order valence-electron chi connectivity index (χ1n) is 10.7. The molecule has 0 saturated carbocycles. The molecule has 8 nitrogen and oxygen atoms in total. The van der Waals surface area contributed by atoms with Crippen LogP contribution in [-0.2, 0) is 9.59 Å². The Labute approximate surface area is 192 Å². The van der Waals surface area contributed by atoms with Gasteiger partial charge >= 0.3 is 0 Å². The Morgan fingerprint density at radius 2 is 1.73 bits per heavy atom. The van der Waals surface area contributed by atoms with E-state index < -0.39 is 5.92 Å². The molecule has 2 aromatic carbocycles. The lowest BCUT2D eigenvalue weighted by molar-refractivity contribution is -0.122. The van der Waals surface area contributed by atoms with Gasteiger partial charge in [-0.1, -0.05) is 18.2 Å². The number of nitrogens with one attached hydrogen (secondary N) is 2. The molecule has 3 aromatic rings. The molecule has 4 rings (SSSR count). The third-order valence-corrected chi connectivity index (χ3v) is 5.75. The van der Waals surface area contributed by atoms with Gasteiger partial charge in [0.1, 0.15) is 5.75 Å². The molecule has 170 valence electrons. The molecule has 33 heavy (non-hydrogen) atoms. The Balaban J connectivity index is 1.44. The lowest BCUT2D eigenvalue weighted by Gasteiger charge is -2.19. The van der Waals surface area contributed by atoms with Gasteiger partial charge in [0.05, 0.1) is 18.7 Å². The fourth-order valence-corrected chi connectivity index (χ4v) is 3.96. The van der Waals surface area contributed by atoms with Crippen LogP contribution in [0.1, 0.15) is 28.2 Å². The van der Waals surface area contributed by atoms with Crippen molar-refractivity contribution in [2.75, 3.05) is 29.3 Å². The normalized spacial score (nSPS) is 15.4. The number of benzene rings is 2. The average Bonchev–Trinajstić information content (AvgIpc) is 3.36. The lowest BCUT2D eigenvalue weighted by Crippen LogP contribution is -2.28. The smallest absolute Gasteiger partial charge is 0.270 e. The Bertz CT molecular complexity index is 1200. The van der Waals surface area contributed by atoms with Crippen molar-refractivity contribution in [2.24, 2.45) is 5.92 Å². The lowest BCUT2D eigenvalue weighted by atomic mass is 10.1. The summed E-state index contributed by atoms with van der Waals surface area (Å²) in [5, 5.41) is 2.85. The quantitative estimate of drug-likeness (QED) is 0.606. The molecule has 3 amide bonds. The van der Waals surface area contributed by atoms with Gasteiger partial charge in [-0.05, 0) is 56.3 Å². The maximum Gasteiger partial charge on any atom is 0.270 e. The minimum atomic E-state index is -0.509. The zero-order valence-corrected chi connectivity index (χ0v) is 18.8. The molecule has 0 bridgehead atoms. The Morgan fingerprint density at radius 3 is 2.45 bits per heavy atom. The van der Waals surface area contributed by atoms with E-state index in [1.807, 2.05) is 38.1 Å². The van der Waals surface area contributed by atoms with E-state index in [-0.39, 0.29) is 30.7 Å². The first-order chi connectivity index (χ1) is 15.9. The number of methoxy groups -OCH3 is 1. The molecular weight excluding hydrogens is 420 g/mol. The van der Waals surface area contributed by atoms with Crippen LogP contribution in [0.5, 0.6) is 5.75 Å². The van der Waals surface area contributed by atoms with Crippen LogP contribution in [0.2, 0.25) is 0 Å². The molecule has 1 aliphatic rings. The summed E-state index contributed by atoms with van der Waals surface area (Å²) in [6.07, 6.45) is 0.107. The molecule has 8 heteroatoms. The first kappa shape index (κ1) is 22.1. The van der Waals surface area contributed by atoms with Gasteiger partial charge in [-0.2, -0.15) is 0 Å². The van der Waals surface area contributed by atoms with Crippen molar-refractivity contribution in [3.05, 3.63) is 77.6 Å². The largest absolute Gasteiger partial charge is 0.495 e. The molecular formula is C25H26N4O4. The minimum absolute atomic E-state index is 0.107. The van der Waals surface area contributed by atoms with Crippen molar-refractivity contribution in [1.29, 1.82) is 0 Å². The molecule has 1 aliphatic heterocycles. The molecule has 2 N–H and O–H groups in total. The topological polar surface area (TPSA) is 92.7 Å². The van der Waals surface area contributed by atoms with Crippen molar-refractivity contribution in [3.63, 3.8) is 0 Å². The van der Waals surface area contributed by atoms with Crippen molar-refractivity contribution in [3.8, 4) is 5.75 Å². The highest BCUT2D eigenvalue weighted by Crippen LogP contribution is 2.33. The van der Waals surface area contributed by atoms with Gasteiger partial charge in [-0.3, -0.25) is 24.5 Å². The van der Waals surface area contributed by atoms with Crippen molar-refractivity contribution >= 4 is 29.1 Å². The SMILES string of the molecule is COc1ccccc1N1C[C@H](C(=O)Nc2cccc(C(=O)Nn3c(C)ccc3C)c2)CC1=O. The van der Waals surface area contributed by atoms with E-state index in [9.17, 15) is 14.4 Å². The summed E-state index contributed by atoms with van der Waals surface area (Å²) in [6.45, 7) is 4.07. The molecule has 0 unspecified atom stereocenters. The van der Waals surface area contributed by atoms with E-state index in [1.165, 1.54) is 0 Å². The van der Waals surface area contributed by atoms with Crippen LogP contribution in [0.15, 0.2) is 60.7 Å². The van der Waals surface area contributed by atoms with Crippen LogP contribution >= 0.6 is 0 Å². The molecule has 1 saturated heterocycles. The van der Waals surface area contributed by atoms with E-state index in [1.54, 1.807) is 53.1 Å². The zero-order valence-electron chi connectivity index (χ0n) is 18.8. The number of anilines is 2. The second-order valence-corrected chi connectivity index (χ2v) is 8.04. The van der Waals surface area contributed by atoms with Crippen LogP contribution in [0.4, 0.5) is 11.4 Å². The summed E-state index contributed by atoms with van der Waals surface area (Å²) < 4.78 is 7.06. The standard InChI is InChI=1S/C25H26N4O4/c1-16-11-12-17(2)29(16)27-25(32)18-7-6-8-20(13-18)26-24(31)19-14-23(30)28(15-19)21-9-4-5-10-22(21)33-3/h4-13,19H,14-15H2,1-3H3,(H,26,31)(H,27,32)/t19-/m1/s1.